The number of H-pyrrole nitrogens is 1. The summed E-state index contributed by atoms with van der Waals surface area (Å²) in [6.07, 6.45) is 2.31. The van der Waals surface area contributed by atoms with Crippen LogP contribution < -0.4 is 5.32 Å². The van der Waals surface area contributed by atoms with Gasteiger partial charge in [-0.05, 0) is 45.2 Å². The van der Waals surface area contributed by atoms with Gasteiger partial charge in [0, 0.05) is 49.6 Å². The molecule has 1 saturated heterocycles. The Morgan fingerprint density at radius 2 is 1.86 bits per heavy atom. The molecule has 2 aromatic rings. The minimum absolute atomic E-state index is 0.235. The van der Waals surface area contributed by atoms with Gasteiger partial charge in [0.1, 0.15) is 18.2 Å². The Kier molecular flexibility index (Phi) is 8.03. The van der Waals surface area contributed by atoms with E-state index in [0.717, 1.165) is 16.5 Å². The van der Waals surface area contributed by atoms with Crippen LogP contribution in [0.1, 0.15) is 39.2 Å². The Labute approximate surface area is 204 Å². The van der Waals surface area contributed by atoms with E-state index >= 15 is 0 Å². The van der Waals surface area contributed by atoms with Gasteiger partial charge in [-0.25, -0.2) is 4.79 Å². The van der Waals surface area contributed by atoms with Crippen molar-refractivity contribution in [1.29, 1.82) is 0 Å². The number of aromatic amines is 1. The summed E-state index contributed by atoms with van der Waals surface area (Å²) in [4.78, 5) is 55.5. The number of benzene rings is 1. The van der Waals surface area contributed by atoms with Crippen LogP contribution in [0.5, 0.6) is 0 Å². The molecule has 3 rings (SSSR count). The molecule has 1 aromatic heterocycles. The smallest absolute Gasteiger partial charge is 0.408 e. The van der Waals surface area contributed by atoms with E-state index in [2.05, 4.69) is 10.3 Å². The first-order chi connectivity index (χ1) is 16.4. The third-order valence-corrected chi connectivity index (χ3v) is 5.99. The predicted molar refractivity (Wildman–Crippen MR) is 130 cm³/mol. The van der Waals surface area contributed by atoms with E-state index in [-0.39, 0.29) is 30.7 Å². The SMILES string of the molecule is CN(CC(=O)O)C(=O)C1CCN(C(=O)[C@H](Cc2c[nH]c3ccccc23)NC(=O)OC(C)(C)C)CC1. The fourth-order valence-corrected chi connectivity index (χ4v) is 4.33. The second kappa shape index (κ2) is 10.8. The van der Waals surface area contributed by atoms with Gasteiger partial charge < -0.3 is 29.9 Å². The number of carbonyl (C=O) groups is 4. The van der Waals surface area contributed by atoms with Crippen molar-refractivity contribution in [3.05, 3.63) is 36.0 Å². The van der Waals surface area contributed by atoms with Gasteiger partial charge >= 0.3 is 12.1 Å². The van der Waals surface area contributed by atoms with Crippen LogP contribution in [0.3, 0.4) is 0 Å². The molecule has 0 unspecified atom stereocenters. The Bertz CT molecular complexity index is 1080. The molecule has 35 heavy (non-hydrogen) atoms. The van der Waals surface area contributed by atoms with E-state index in [1.165, 1.54) is 11.9 Å². The second-order valence-corrected chi connectivity index (χ2v) is 9.95. The quantitative estimate of drug-likeness (QED) is 0.551. The zero-order chi connectivity index (χ0) is 25.8. The maximum Gasteiger partial charge on any atom is 0.408 e. The molecule has 0 spiro atoms. The third kappa shape index (κ3) is 6.97. The summed E-state index contributed by atoms with van der Waals surface area (Å²) < 4.78 is 5.39. The number of aromatic nitrogens is 1. The number of hydrogen-bond donors (Lipinski definition) is 3. The van der Waals surface area contributed by atoms with Crippen LogP contribution in [-0.4, -0.2) is 82.1 Å². The van der Waals surface area contributed by atoms with E-state index in [4.69, 9.17) is 9.84 Å². The molecule has 3 N–H and O–H groups in total. The van der Waals surface area contributed by atoms with Gasteiger partial charge in [-0.15, -0.1) is 0 Å². The Morgan fingerprint density at radius 1 is 1.20 bits per heavy atom. The number of amides is 3. The molecule has 1 atom stereocenters. The normalized spacial score (nSPS) is 15.5. The standard InChI is InChI=1S/C25H34N4O6/c1-25(2,3)35-24(34)27-20(13-17-14-26-19-8-6-5-7-18(17)19)23(33)29-11-9-16(10-12-29)22(32)28(4)15-21(30)31/h5-8,14,16,20,26H,9-13,15H2,1-4H3,(H,27,34)(H,30,31)/t20-/m0/s1. The fourth-order valence-electron chi connectivity index (χ4n) is 4.33. The lowest BCUT2D eigenvalue weighted by molar-refractivity contribution is -0.146. The molecular weight excluding hydrogens is 452 g/mol. The number of nitrogens with zero attached hydrogens (tertiary/aromatic N) is 2. The predicted octanol–water partition coefficient (Wildman–Crippen LogP) is 2.39. The third-order valence-electron chi connectivity index (χ3n) is 5.99. The first-order valence-corrected chi connectivity index (χ1v) is 11.7. The van der Waals surface area contributed by atoms with Crippen molar-refractivity contribution in [2.75, 3.05) is 26.7 Å². The monoisotopic (exact) mass is 486 g/mol. The number of para-hydroxylation sites is 1. The van der Waals surface area contributed by atoms with Gasteiger partial charge in [0.05, 0.1) is 0 Å². The molecule has 1 aromatic carbocycles. The Hall–Kier alpha value is -3.56. The van der Waals surface area contributed by atoms with Crippen LogP contribution in [-0.2, 0) is 25.5 Å². The summed E-state index contributed by atoms with van der Waals surface area (Å²) in [5, 5.41) is 12.6. The molecule has 0 saturated carbocycles. The minimum atomic E-state index is -1.07. The number of carbonyl (C=O) groups excluding carboxylic acids is 3. The van der Waals surface area contributed by atoms with Crippen LogP contribution in [0.2, 0.25) is 0 Å². The molecular formula is C25H34N4O6. The number of ether oxygens (including phenoxy) is 1. The van der Waals surface area contributed by atoms with Crippen LogP contribution in [0, 0.1) is 5.92 Å². The number of alkyl carbamates (subject to hydrolysis) is 1. The highest BCUT2D eigenvalue weighted by atomic mass is 16.6. The van der Waals surface area contributed by atoms with Gasteiger partial charge in [0.15, 0.2) is 0 Å². The molecule has 0 radical (unpaired) electrons. The first-order valence-electron chi connectivity index (χ1n) is 11.7. The highest BCUT2D eigenvalue weighted by Crippen LogP contribution is 2.23. The van der Waals surface area contributed by atoms with Gasteiger partial charge in [0.2, 0.25) is 11.8 Å². The average molecular weight is 487 g/mol. The largest absolute Gasteiger partial charge is 0.480 e. The Balaban J connectivity index is 1.71. The maximum absolute atomic E-state index is 13.5. The number of piperidine rings is 1. The van der Waals surface area contributed by atoms with Gasteiger partial charge in [-0.2, -0.15) is 0 Å². The van der Waals surface area contributed by atoms with Crippen LogP contribution in [0.4, 0.5) is 4.79 Å². The summed E-state index contributed by atoms with van der Waals surface area (Å²) in [7, 11) is 1.47. The lowest BCUT2D eigenvalue weighted by atomic mass is 9.94. The number of nitrogens with one attached hydrogen (secondary N) is 2. The van der Waals surface area contributed by atoms with Crippen molar-refractivity contribution >= 4 is 34.8 Å². The lowest BCUT2D eigenvalue weighted by Gasteiger charge is -2.35. The number of carboxylic acid groups (broad SMARTS) is 1. The van der Waals surface area contributed by atoms with E-state index in [9.17, 15) is 19.2 Å². The number of hydrogen-bond acceptors (Lipinski definition) is 5. The molecule has 10 heteroatoms. The van der Waals surface area contributed by atoms with Crippen molar-refractivity contribution in [3.8, 4) is 0 Å². The lowest BCUT2D eigenvalue weighted by Crippen LogP contribution is -2.53. The van der Waals surface area contributed by atoms with Crippen molar-refractivity contribution in [2.24, 2.45) is 5.92 Å². The highest BCUT2D eigenvalue weighted by Gasteiger charge is 2.34. The van der Waals surface area contributed by atoms with E-state index in [0.29, 0.717) is 25.9 Å². The number of aliphatic carboxylic acids is 1. The van der Waals surface area contributed by atoms with Crippen LogP contribution in [0.15, 0.2) is 30.5 Å². The zero-order valence-corrected chi connectivity index (χ0v) is 20.7. The van der Waals surface area contributed by atoms with Gasteiger partial charge in [-0.3, -0.25) is 14.4 Å². The van der Waals surface area contributed by atoms with Crippen LogP contribution >= 0.6 is 0 Å². The molecule has 1 fully saturated rings. The first kappa shape index (κ1) is 26.1. The molecule has 190 valence electrons. The van der Waals surface area contributed by atoms with Crippen molar-refractivity contribution in [3.63, 3.8) is 0 Å². The molecule has 3 amide bonds. The highest BCUT2D eigenvalue weighted by molar-refractivity contribution is 5.89. The molecule has 0 bridgehead atoms. The number of likely N-dealkylation sites (tertiary alicyclic amines) is 1. The van der Waals surface area contributed by atoms with E-state index in [1.807, 2.05) is 30.5 Å². The zero-order valence-electron chi connectivity index (χ0n) is 20.7. The minimum Gasteiger partial charge on any atom is -0.480 e. The number of carboxylic acids is 1. The van der Waals surface area contributed by atoms with Crippen molar-refractivity contribution in [2.45, 2.75) is 51.7 Å². The summed E-state index contributed by atoms with van der Waals surface area (Å²) in [5.41, 5.74) is 1.13. The number of likely N-dealkylation sites (N-methyl/N-ethyl adjacent to an activating group) is 1. The van der Waals surface area contributed by atoms with Crippen molar-refractivity contribution in [1.82, 2.24) is 20.1 Å². The second-order valence-electron chi connectivity index (χ2n) is 9.95. The fraction of sp³-hybridized carbons (Fsp3) is 0.520. The molecule has 1 aliphatic rings. The average Bonchev–Trinajstić information content (AvgIpc) is 3.19. The number of rotatable bonds is 7. The topological polar surface area (TPSA) is 132 Å². The summed E-state index contributed by atoms with van der Waals surface area (Å²) in [5.74, 6) is -1.89. The van der Waals surface area contributed by atoms with Gasteiger partial charge in [-0.1, -0.05) is 18.2 Å². The van der Waals surface area contributed by atoms with E-state index in [1.54, 1.807) is 25.7 Å². The van der Waals surface area contributed by atoms with Gasteiger partial charge in [0.25, 0.3) is 0 Å². The van der Waals surface area contributed by atoms with Crippen molar-refractivity contribution < 1.29 is 29.0 Å². The number of fused-ring (bicyclic) bond motifs is 1. The summed E-state index contributed by atoms with van der Waals surface area (Å²) in [6, 6.07) is 6.90. The maximum atomic E-state index is 13.5. The Morgan fingerprint density at radius 3 is 2.49 bits per heavy atom. The van der Waals surface area contributed by atoms with Crippen LogP contribution in [0.25, 0.3) is 10.9 Å². The molecule has 1 aliphatic heterocycles. The molecule has 10 nitrogen and oxygen atoms in total. The molecule has 0 aliphatic carbocycles. The molecule has 2 heterocycles. The summed E-state index contributed by atoms with van der Waals surface area (Å²) in [6.45, 7) is 5.60. The summed E-state index contributed by atoms with van der Waals surface area (Å²) >= 11 is 0. The van der Waals surface area contributed by atoms with E-state index < -0.39 is 23.7 Å².